The molecule has 3 rings (SSSR count). The molecule has 7 heteroatoms. The molecule has 1 fully saturated rings. The second kappa shape index (κ2) is 4.78. The predicted octanol–water partition coefficient (Wildman–Crippen LogP) is 1.13. The van der Waals surface area contributed by atoms with Gasteiger partial charge < -0.3 is 19.1 Å². The summed E-state index contributed by atoms with van der Waals surface area (Å²) in [6.45, 7) is 5.29. The van der Waals surface area contributed by atoms with Gasteiger partial charge in [-0.15, -0.1) is 0 Å². The maximum atomic E-state index is 5.93. The summed E-state index contributed by atoms with van der Waals surface area (Å²) < 4.78 is 16.6. The van der Waals surface area contributed by atoms with E-state index in [1.165, 1.54) is 0 Å². The van der Waals surface area contributed by atoms with Crippen molar-refractivity contribution >= 4 is 17.4 Å². The number of fused-ring (bicyclic) bond motifs is 1. The van der Waals surface area contributed by atoms with Crippen LogP contribution in [-0.2, 0) is 4.74 Å². The number of nitrogens with zero attached hydrogens (tertiary/aromatic N) is 3. The molecule has 0 amide bonds. The number of hydrogen-bond acceptors (Lipinski definition) is 6. The van der Waals surface area contributed by atoms with Gasteiger partial charge in [0.05, 0.1) is 13.2 Å². The number of ether oxygens (including phenoxy) is 3. The largest absolute Gasteiger partial charge is 0.481 e. The summed E-state index contributed by atoms with van der Waals surface area (Å²) >= 11 is 5.93. The van der Waals surface area contributed by atoms with E-state index >= 15 is 0 Å². The number of anilines is 1. The molecular formula is C11H14ClN3O3. The van der Waals surface area contributed by atoms with Crippen LogP contribution in [0.25, 0.3) is 0 Å². The number of rotatable bonds is 1. The van der Waals surface area contributed by atoms with E-state index in [-0.39, 0.29) is 11.4 Å². The van der Waals surface area contributed by atoms with E-state index in [1.54, 1.807) is 0 Å². The van der Waals surface area contributed by atoms with Crippen molar-refractivity contribution in [3.05, 3.63) is 5.28 Å². The molecule has 0 saturated carbocycles. The van der Waals surface area contributed by atoms with Gasteiger partial charge in [-0.1, -0.05) is 0 Å². The third kappa shape index (κ3) is 2.18. The fourth-order valence-corrected chi connectivity index (χ4v) is 2.17. The molecule has 0 N–H and O–H groups in total. The third-order valence-electron chi connectivity index (χ3n) is 2.88. The van der Waals surface area contributed by atoms with Gasteiger partial charge in [0.25, 0.3) is 5.88 Å². The summed E-state index contributed by atoms with van der Waals surface area (Å²) in [5.74, 6) is 1.70. The minimum absolute atomic E-state index is 0.0268. The zero-order valence-corrected chi connectivity index (χ0v) is 10.8. The van der Waals surface area contributed by atoms with Crippen LogP contribution in [0.2, 0.25) is 5.28 Å². The molecule has 1 aromatic heterocycles. The normalized spacial score (nSPS) is 23.0. The molecule has 3 heterocycles. The average molecular weight is 272 g/mol. The van der Waals surface area contributed by atoms with Crippen LogP contribution < -0.4 is 14.4 Å². The Morgan fingerprint density at radius 1 is 1.28 bits per heavy atom. The highest BCUT2D eigenvalue weighted by molar-refractivity contribution is 6.28. The molecule has 0 aliphatic carbocycles. The smallest absolute Gasteiger partial charge is 0.264 e. The molecule has 0 radical (unpaired) electrons. The molecule has 1 saturated heterocycles. The molecule has 98 valence electrons. The van der Waals surface area contributed by atoms with Gasteiger partial charge in [0.1, 0.15) is 12.7 Å². The fourth-order valence-electron chi connectivity index (χ4n) is 2.01. The Hall–Kier alpha value is -1.27. The van der Waals surface area contributed by atoms with Crippen LogP contribution in [0.15, 0.2) is 0 Å². The molecule has 1 unspecified atom stereocenters. The van der Waals surface area contributed by atoms with Gasteiger partial charge >= 0.3 is 0 Å². The lowest BCUT2D eigenvalue weighted by Gasteiger charge is -2.31. The minimum Gasteiger partial charge on any atom is -0.481 e. The van der Waals surface area contributed by atoms with Gasteiger partial charge in [-0.3, -0.25) is 0 Å². The van der Waals surface area contributed by atoms with Crippen molar-refractivity contribution in [3.8, 4) is 11.6 Å². The SMILES string of the molecule is CC1COc2c(nc(Cl)nc2N2CCOCC2)O1. The number of morpholine rings is 1. The van der Waals surface area contributed by atoms with Gasteiger partial charge in [-0.2, -0.15) is 9.97 Å². The van der Waals surface area contributed by atoms with Gasteiger partial charge in [0.15, 0.2) is 5.82 Å². The Kier molecular flexibility index (Phi) is 3.13. The van der Waals surface area contributed by atoms with Crippen LogP contribution in [0.1, 0.15) is 6.92 Å². The lowest BCUT2D eigenvalue weighted by molar-refractivity contribution is 0.0955. The molecule has 6 nitrogen and oxygen atoms in total. The third-order valence-corrected chi connectivity index (χ3v) is 3.04. The Morgan fingerprint density at radius 3 is 2.83 bits per heavy atom. The first kappa shape index (κ1) is 11.8. The molecule has 1 aromatic rings. The highest BCUT2D eigenvalue weighted by Gasteiger charge is 2.27. The zero-order chi connectivity index (χ0) is 12.5. The first-order valence-electron chi connectivity index (χ1n) is 5.94. The molecule has 2 aliphatic heterocycles. The Balaban J connectivity index is 1.97. The molecular weight excluding hydrogens is 258 g/mol. The van der Waals surface area contributed by atoms with Crippen molar-refractivity contribution in [2.45, 2.75) is 13.0 Å². The van der Waals surface area contributed by atoms with Crippen molar-refractivity contribution in [2.75, 3.05) is 37.8 Å². The number of hydrogen-bond donors (Lipinski definition) is 0. The molecule has 0 aromatic carbocycles. The van der Waals surface area contributed by atoms with Crippen molar-refractivity contribution in [1.29, 1.82) is 0 Å². The summed E-state index contributed by atoms with van der Waals surface area (Å²) in [6.07, 6.45) is -0.0268. The van der Waals surface area contributed by atoms with E-state index in [1.807, 2.05) is 6.92 Å². The average Bonchev–Trinajstić information content (AvgIpc) is 2.38. The summed E-state index contributed by atoms with van der Waals surface area (Å²) in [6, 6.07) is 0. The first-order valence-corrected chi connectivity index (χ1v) is 6.31. The predicted molar refractivity (Wildman–Crippen MR) is 65.7 cm³/mol. The molecule has 1 atom stereocenters. The van der Waals surface area contributed by atoms with Crippen LogP contribution >= 0.6 is 11.6 Å². The summed E-state index contributed by atoms with van der Waals surface area (Å²) in [7, 11) is 0. The lowest BCUT2D eigenvalue weighted by atomic mass is 10.3. The highest BCUT2D eigenvalue weighted by Crippen LogP contribution is 2.38. The van der Waals surface area contributed by atoms with Crippen molar-refractivity contribution < 1.29 is 14.2 Å². The van der Waals surface area contributed by atoms with Crippen molar-refractivity contribution in [2.24, 2.45) is 0 Å². The van der Waals surface area contributed by atoms with Gasteiger partial charge in [-0.25, -0.2) is 0 Å². The van der Waals surface area contributed by atoms with Gasteiger partial charge in [-0.05, 0) is 18.5 Å². The maximum absolute atomic E-state index is 5.93. The van der Waals surface area contributed by atoms with E-state index < -0.39 is 0 Å². The number of aromatic nitrogens is 2. The molecule has 18 heavy (non-hydrogen) atoms. The van der Waals surface area contributed by atoms with Crippen LogP contribution in [0, 0.1) is 0 Å². The standard InChI is InChI=1S/C11H14ClN3O3/c1-7-6-17-8-9(15-2-4-16-5-3-15)13-11(12)14-10(8)18-7/h7H,2-6H2,1H3. The Morgan fingerprint density at radius 2 is 2.06 bits per heavy atom. The maximum Gasteiger partial charge on any atom is 0.264 e. The zero-order valence-electron chi connectivity index (χ0n) is 10.1. The van der Waals surface area contributed by atoms with Gasteiger partial charge in [0, 0.05) is 13.1 Å². The van der Waals surface area contributed by atoms with E-state index in [0.717, 1.165) is 13.1 Å². The summed E-state index contributed by atoms with van der Waals surface area (Å²) in [5.41, 5.74) is 0. The van der Waals surface area contributed by atoms with Crippen LogP contribution in [0.5, 0.6) is 11.6 Å². The van der Waals surface area contributed by atoms with Crippen molar-refractivity contribution in [3.63, 3.8) is 0 Å². The second-order valence-corrected chi connectivity index (χ2v) is 4.63. The monoisotopic (exact) mass is 271 g/mol. The van der Waals surface area contributed by atoms with Gasteiger partial charge in [0.2, 0.25) is 11.0 Å². The topological polar surface area (TPSA) is 56.7 Å². The van der Waals surface area contributed by atoms with Crippen molar-refractivity contribution in [1.82, 2.24) is 9.97 Å². The van der Waals surface area contributed by atoms with E-state index in [9.17, 15) is 0 Å². The first-order chi connectivity index (χ1) is 8.74. The minimum atomic E-state index is -0.0268. The molecule has 0 bridgehead atoms. The second-order valence-electron chi connectivity index (χ2n) is 4.29. The molecule has 2 aliphatic rings. The highest BCUT2D eigenvalue weighted by atomic mass is 35.5. The van der Waals surface area contributed by atoms with E-state index in [0.29, 0.717) is 37.3 Å². The fraction of sp³-hybridized carbons (Fsp3) is 0.636. The Labute approximate surface area is 110 Å². The Bertz CT molecular complexity index is 451. The summed E-state index contributed by atoms with van der Waals surface area (Å²) in [5, 5.41) is 0.174. The lowest BCUT2D eigenvalue weighted by Crippen LogP contribution is -2.38. The van der Waals surface area contributed by atoms with Crippen LogP contribution in [0.3, 0.4) is 0 Å². The molecule has 0 spiro atoms. The van der Waals surface area contributed by atoms with Crippen LogP contribution in [0.4, 0.5) is 5.82 Å². The van der Waals surface area contributed by atoms with Crippen LogP contribution in [-0.4, -0.2) is 49.0 Å². The van der Waals surface area contributed by atoms with E-state index in [2.05, 4.69) is 14.9 Å². The summed E-state index contributed by atoms with van der Waals surface area (Å²) in [4.78, 5) is 10.4. The van der Waals surface area contributed by atoms with E-state index in [4.69, 9.17) is 25.8 Å². The number of halogens is 1. The quantitative estimate of drug-likeness (QED) is 0.714.